The number of benzene rings is 1. The predicted molar refractivity (Wildman–Crippen MR) is 81.7 cm³/mol. The second-order valence-electron chi connectivity index (χ2n) is 5.41. The molecule has 21 heavy (non-hydrogen) atoms. The Morgan fingerprint density at radius 3 is 2.67 bits per heavy atom. The average Bonchev–Trinajstić information content (AvgIpc) is 2.45. The minimum Gasteiger partial charge on any atom is -0.477 e. The van der Waals surface area contributed by atoms with Gasteiger partial charge in [0, 0.05) is 18.7 Å². The van der Waals surface area contributed by atoms with Gasteiger partial charge in [-0.2, -0.15) is 0 Å². The van der Waals surface area contributed by atoms with Crippen molar-refractivity contribution in [3.05, 3.63) is 29.6 Å². The maximum atomic E-state index is 13.9. The zero-order valence-electron chi connectivity index (χ0n) is 13.2. The first-order valence-electron chi connectivity index (χ1n) is 7.38. The number of nitrogens with one attached hydrogen (secondary N) is 2. The number of rotatable bonds is 8. The van der Waals surface area contributed by atoms with Crippen molar-refractivity contribution in [3.63, 3.8) is 0 Å². The molecule has 0 spiro atoms. The van der Waals surface area contributed by atoms with E-state index in [2.05, 4.69) is 10.6 Å². The molecule has 0 bridgehead atoms. The molecule has 1 amide bonds. The maximum Gasteiger partial charge on any atom is 0.260 e. The van der Waals surface area contributed by atoms with Crippen molar-refractivity contribution >= 4 is 5.91 Å². The van der Waals surface area contributed by atoms with Gasteiger partial charge in [0.05, 0.1) is 0 Å². The summed E-state index contributed by atoms with van der Waals surface area (Å²) in [4.78, 5) is 11.9. The largest absolute Gasteiger partial charge is 0.477 e. The second kappa shape index (κ2) is 8.62. The van der Waals surface area contributed by atoms with Crippen molar-refractivity contribution in [3.8, 4) is 5.75 Å². The van der Waals surface area contributed by atoms with Gasteiger partial charge in [-0.1, -0.05) is 32.9 Å². The number of halogens is 1. The van der Waals surface area contributed by atoms with E-state index in [0.29, 0.717) is 24.6 Å². The Balaban J connectivity index is 2.74. The van der Waals surface area contributed by atoms with Gasteiger partial charge in [-0.15, -0.1) is 0 Å². The van der Waals surface area contributed by atoms with Crippen LogP contribution >= 0.6 is 0 Å². The Kier molecular flexibility index (Phi) is 7.15. The van der Waals surface area contributed by atoms with Crippen LogP contribution in [0.5, 0.6) is 5.75 Å². The summed E-state index contributed by atoms with van der Waals surface area (Å²) in [6.07, 6.45) is -0.735. The molecule has 1 unspecified atom stereocenters. The highest BCUT2D eigenvalue weighted by atomic mass is 19.1. The first kappa shape index (κ1) is 17.4. The van der Waals surface area contributed by atoms with E-state index in [-0.39, 0.29) is 11.7 Å². The summed E-state index contributed by atoms with van der Waals surface area (Å²) in [7, 11) is 0. The Morgan fingerprint density at radius 2 is 2.05 bits per heavy atom. The van der Waals surface area contributed by atoms with Crippen LogP contribution in [0.3, 0.4) is 0 Å². The second-order valence-corrected chi connectivity index (χ2v) is 5.41. The molecule has 1 atom stereocenters. The third-order valence-electron chi connectivity index (χ3n) is 2.96. The highest BCUT2D eigenvalue weighted by Crippen LogP contribution is 2.23. The molecule has 1 aromatic rings. The first-order valence-corrected chi connectivity index (χ1v) is 7.38. The van der Waals surface area contributed by atoms with Crippen LogP contribution in [-0.2, 0) is 11.3 Å². The van der Waals surface area contributed by atoms with Gasteiger partial charge in [0.25, 0.3) is 5.91 Å². The Morgan fingerprint density at radius 1 is 1.33 bits per heavy atom. The van der Waals surface area contributed by atoms with Gasteiger partial charge in [0.2, 0.25) is 0 Å². The van der Waals surface area contributed by atoms with Gasteiger partial charge in [0.15, 0.2) is 17.7 Å². The number of carbonyl (C=O) groups is 1. The van der Waals surface area contributed by atoms with Crippen LogP contribution < -0.4 is 15.4 Å². The molecule has 0 aliphatic carbocycles. The standard InChI is InChI=1S/C16H25FN2O2/c1-5-18-10-13-7-6-8-14(17)15(13)21-12(4)16(20)19-9-11(2)3/h6-8,11-12,18H,5,9-10H2,1-4H3,(H,19,20). The van der Waals surface area contributed by atoms with Crippen LogP contribution in [0.1, 0.15) is 33.3 Å². The van der Waals surface area contributed by atoms with Crippen molar-refractivity contribution in [1.29, 1.82) is 0 Å². The SMILES string of the molecule is CCNCc1cccc(F)c1OC(C)C(=O)NCC(C)C. The van der Waals surface area contributed by atoms with E-state index >= 15 is 0 Å². The fraction of sp³-hybridized carbons (Fsp3) is 0.562. The molecule has 0 saturated carbocycles. The molecule has 4 nitrogen and oxygen atoms in total. The van der Waals surface area contributed by atoms with Crippen LogP contribution in [0.25, 0.3) is 0 Å². The molecule has 2 N–H and O–H groups in total. The average molecular weight is 296 g/mol. The van der Waals surface area contributed by atoms with E-state index in [0.717, 1.165) is 6.54 Å². The van der Waals surface area contributed by atoms with E-state index in [1.807, 2.05) is 20.8 Å². The Hall–Kier alpha value is -1.62. The molecule has 0 aromatic heterocycles. The van der Waals surface area contributed by atoms with Gasteiger partial charge in [-0.05, 0) is 25.5 Å². The lowest BCUT2D eigenvalue weighted by Gasteiger charge is -2.18. The van der Waals surface area contributed by atoms with Crippen molar-refractivity contribution in [2.45, 2.75) is 40.3 Å². The zero-order valence-corrected chi connectivity index (χ0v) is 13.2. The van der Waals surface area contributed by atoms with Crippen LogP contribution in [0.4, 0.5) is 4.39 Å². The lowest BCUT2D eigenvalue weighted by atomic mass is 10.2. The molecule has 5 heteroatoms. The summed E-state index contributed by atoms with van der Waals surface area (Å²) < 4.78 is 19.5. The Labute approximate surface area is 126 Å². The number of amides is 1. The fourth-order valence-electron chi connectivity index (χ4n) is 1.76. The zero-order chi connectivity index (χ0) is 15.8. The minimum atomic E-state index is -0.735. The van der Waals surface area contributed by atoms with E-state index in [1.165, 1.54) is 6.07 Å². The molecule has 0 aliphatic rings. The number of hydrogen-bond donors (Lipinski definition) is 2. The predicted octanol–water partition coefficient (Wildman–Crippen LogP) is 2.47. The van der Waals surface area contributed by atoms with Gasteiger partial charge < -0.3 is 15.4 Å². The summed E-state index contributed by atoms with van der Waals surface area (Å²) in [5.41, 5.74) is 0.709. The molecule has 1 aromatic carbocycles. The third-order valence-corrected chi connectivity index (χ3v) is 2.96. The Bertz CT molecular complexity index is 464. The summed E-state index contributed by atoms with van der Waals surface area (Å²) >= 11 is 0. The van der Waals surface area contributed by atoms with E-state index < -0.39 is 11.9 Å². The number of ether oxygens (including phenoxy) is 1. The quantitative estimate of drug-likeness (QED) is 0.775. The van der Waals surface area contributed by atoms with Crippen LogP contribution in [0.2, 0.25) is 0 Å². The number of para-hydroxylation sites is 1. The van der Waals surface area contributed by atoms with Crippen molar-refractivity contribution in [2.24, 2.45) is 5.92 Å². The first-order chi connectivity index (χ1) is 9.95. The van der Waals surface area contributed by atoms with E-state index in [9.17, 15) is 9.18 Å². The lowest BCUT2D eigenvalue weighted by molar-refractivity contribution is -0.127. The fourth-order valence-corrected chi connectivity index (χ4v) is 1.76. The van der Waals surface area contributed by atoms with Gasteiger partial charge >= 0.3 is 0 Å². The van der Waals surface area contributed by atoms with Gasteiger partial charge in [-0.3, -0.25) is 4.79 Å². The highest BCUT2D eigenvalue weighted by molar-refractivity contribution is 5.80. The van der Waals surface area contributed by atoms with Gasteiger partial charge in [-0.25, -0.2) is 4.39 Å². The molecule has 0 aliphatic heterocycles. The summed E-state index contributed by atoms with van der Waals surface area (Å²) in [6.45, 7) is 9.48. The molecule has 0 radical (unpaired) electrons. The normalized spacial score (nSPS) is 12.3. The minimum absolute atomic E-state index is 0.144. The van der Waals surface area contributed by atoms with Crippen LogP contribution in [0.15, 0.2) is 18.2 Å². The smallest absolute Gasteiger partial charge is 0.260 e. The number of hydrogen-bond acceptors (Lipinski definition) is 3. The molecule has 1 rings (SSSR count). The maximum absolute atomic E-state index is 13.9. The summed E-state index contributed by atoms with van der Waals surface area (Å²) in [5, 5.41) is 5.91. The molecular formula is C16H25FN2O2. The van der Waals surface area contributed by atoms with Crippen molar-refractivity contribution in [2.75, 3.05) is 13.1 Å². The van der Waals surface area contributed by atoms with E-state index in [4.69, 9.17) is 4.74 Å². The van der Waals surface area contributed by atoms with E-state index in [1.54, 1.807) is 19.1 Å². The topological polar surface area (TPSA) is 50.4 Å². The van der Waals surface area contributed by atoms with Crippen LogP contribution in [-0.4, -0.2) is 25.1 Å². The third kappa shape index (κ3) is 5.71. The summed E-state index contributed by atoms with van der Waals surface area (Å²) in [6, 6.07) is 4.77. The molecule has 0 heterocycles. The highest BCUT2D eigenvalue weighted by Gasteiger charge is 2.18. The number of carbonyl (C=O) groups excluding carboxylic acids is 1. The molecule has 118 valence electrons. The van der Waals surface area contributed by atoms with Gasteiger partial charge in [0.1, 0.15) is 0 Å². The van der Waals surface area contributed by atoms with Crippen LogP contribution in [0, 0.1) is 11.7 Å². The van der Waals surface area contributed by atoms with Crippen molar-refractivity contribution in [1.82, 2.24) is 10.6 Å². The summed E-state index contributed by atoms with van der Waals surface area (Å²) in [5.74, 6) is -0.181. The monoisotopic (exact) mass is 296 g/mol. The molecular weight excluding hydrogens is 271 g/mol. The molecule has 0 saturated heterocycles. The molecule has 0 fully saturated rings. The van der Waals surface area contributed by atoms with Crippen molar-refractivity contribution < 1.29 is 13.9 Å². The lowest BCUT2D eigenvalue weighted by Crippen LogP contribution is -2.38.